The maximum Gasteiger partial charge on any atom is 0.508 e. The Labute approximate surface area is 282 Å². The van der Waals surface area contributed by atoms with Gasteiger partial charge in [0, 0.05) is 19.8 Å². The molecule has 0 saturated carbocycles. The Morgan fingerprint density at radius 1 is 0.708 bits per heavy atom. The third-order valence-electron chi connectivity index (χ3n) is 6.56. The minimum atomic E-state index is -4.26. The summed E-state index contributed by atoms with van der Waals surface area (Å²) in [6, 6.07) is 19.6. The second-order valence-corrected chi connectivity index (χ2v) is 12.4. The van der Waals surface area contributed by atoms with Crippen LogP contribution in [0.1, 0.15) is 57.1 Å². The molecule has 0 spiro atoms. The number of guanidine groups is 1. The Hall–Kier alpha value is -3.97. The smallest absolute Gasteiger partial charge is 0.434 e. The summed E-state index contributed by atoms with van der Waals surface area (Å²) in [7, 11) is -2.76. The normalized spacial score (nSPS) is 12.9. The summed E-state index contributed by atoms with van der Waals surface area (Å²) < 4.78 is 48.3. The van der Waals surface area contributed by atoms with E-state index < -0.39 is 30.7 Å². The molecule has 0 heterocycles. The number of hydrogen-bond donors (Lipinski definition) is 1. The number of carbonyl (C=O) groups excluding carboxylic acids is 3. The Morgan fingerprint density at radius 3 is 1.52 bits per heavy atom. The van der Waals surface area contributed by atoms with Gasteiger partial charge in [-0.05, 0) is 43.2 Å². The standard InChI is InChI=1S/C33H49N3O11P/c1-4-21-36(3,47-28(2)37)31(34)35-48(40,45-26-13-24-43-32(38)41-22-11-19-29-15-7-5-8-16-29)46-27-14-25-44-33(39)42-23-12-20-30-17-9-6-10-18-30/h5-10,15-18H,4,11-14,19-27H2,1-3H3,(H2,34,35,40)/q+1. The molecule has 2 N–H and O–H groups in total. The number of quaternary nitrogens is 1. The van der Waals surface area contributed by atoms with Crippen molar-refractivity contribution in [3.8, 4) is 0 Å². The molecule has 0 saturated heterocycles. The number of carbonyl (C=O) groups is 3. The van der Waals surface area contributed by atoms with Gasteiger partial charge in [0.05, 0.1) is 39.6 Å². The molecular formula is C33H49N3O11P+. The van der Waals surface area contributed by atoms with Crippen LogP contribution < -0.4 is 5.73 Å². The Kier molecular flexibility index (Phi) is 18.9. The molecule has 0 bridgehead atoms. The number of hydroxylamine groups is 3. The zero-order valence-electron chi connectivity index (χ0n) is 28.1. The highest BCUT2D eigenvalue weighted by atomic mass is 31.2. The Morgan fingerprint density at radius 2 is 1.12 bits per heavy atom. The molecule has 0 aliphatic rings. The molecule has 0 aliphatic heterocycles. The van der Waals surface area contributed by atoms with Crippen molar-refractivity contribution in [1.82, 2.24) is 0 Å². The van der Waals surface area contributed by atoms with E-state index in [1.165, 1.54) is 14.0 Å². The number of aryl methyl sites for hydroxylation is 2. The minimum Gasteiger partial charge on any atom is -0.434 e. The van der Waals surface area contributed by atoms with Gasteiger partial charge in [0.2, 0.25) is 0 Å². The van der Waals surface area contributed by atoms with Crippen molar-refractivity contribution < 1.29 is 56.4 Å². The summed E-state index contributed by atoms with van der Waals surface area (Å²) in [6.45, 7) is 3.22. The molecule has 2 rings (SSSR count). The molecule has 0 aliphatic carbocycles. The van der Waals surface area contributed by atoms with Crippen LogP contribution >= 0.6 is 7.75 Å². The van der Waals surface area contributed by atoms with Crippen molar-refractivity contribution in [3.63, 3.8) is 0 Å². The lowest BCUT2D eigenvalue weighted by Crippen LogP contribution is -2.54. The van der Waals surface area contributed by atoms with Gasteiger partial charge in [-0.1, -0.05) is 72.2 Å². The second-order valence-electron chi connectivity index (χ2n) is 10.8. The average molecular weight is 695 g/mol. The first-order valence-corrected chi connectivity index (χ1v) is 17.5. The fourth-order valence-corrected chi connectivity index (χ4v) is 5.61. The summed E-state index contributed by atoms with van der Waals surface area (Å²) in [4.78, 5) is 40.9. The van der Waals surface area contributed by atoms with Crippen LogP contribution in [0.25, 0.3) is 0 Å². The van der Waals surface area contributed by atoms with Crippen LogP contribution in [0.5, 0.6) is 0 Å². The molecule has 1 unspecified atom stereocenters. The van der Waals surface area contributed by atoms with Gasteiger partial charge >= 0.3 is 32.0 Å². The molecule has 0 aromatic heterocycles. The fraction of sp³-hybridized carbons (Fsp3) is 0.515. The number of hydrogen-bond acceptors (Lipinski definition) is 11. The maximum absolute atomic E-state index is 13.6. The first-order chi connectivity index (χ1) is 23.0. The van der Waals surface area contributed by atoms with Crippen LogP contribution in [0.15, 0.2) is 65.4 Å². The monoisotopic (exact) mass is 694 g/mol. The highest BCUT2D eigenvalue weighted by molar-refractivity contribution is 7.52. The number of rotatable bonds is 21. The van der Waals surface area contributed by atoms with Crippen molar-refractivity contribution in [2.24, 2.45) is 10.5 Å². The van der Waals surface area contributed by atoms with Crippen LogP contribution in [0.3, 0.4) is 0 Å². The van der Waals surface area contributed by atoms with E-state index in [2.05, 4.69) is 4.76 Å². The molecule has 2 aromatic rings. The molecule has 266 valence electrons. The zero-order valence-corrected chi connectivity index (χ0v) is 29.0. The van der Waals surface area contributed by atoms with Crippen LogP contribution in [0.4, 0.5) is 9.59 Å². The minimum absolute atomic E-state index is 0.0743. The van der Waals surface area contributed by atoms with Crippen LogP contribution in [-0.4, -0.2) is 82.1 Å². The molecular weight excluding hydrogens is 645 g/mol. The first kappa shape index (κ1) is 40.2. The SMILES string of the molecule is CCC[N+](C)(OC(C)=O)C(N)=NP(=O)(OCCCOC(=O)OCCCc1ccccc1)OCCCOC(=O)OCCCc1ccccc1. The largest absolute Gasteiger partial charge is 0.508 e. The molecule has 15 heteroatoms. The molecule has 0 amide bonds. The van der Waals surface area contributed by atoms with E-state index in [9.17, 15) is 18.9 Å². The Balaban J connectivity index is 1.80. The van der Waals surface area contributed by atoms with Crippen LogP contribution in [-0.2, 0) is 55.0 Å². The lowest BCUT2D eigenvalue weighted by molar-refractivity contribution is -1.00. The van der Waals surface area contributed by atoms with Crippen molar-refractivity contribution in [1.29, 1.82) is 0 Å². The van der Waals surface area contributed by atoms with Gasteiger partial charge < -0.3 is 24.7 Å². The van der Waals surface area contributed by atoms with E-state index in [4.69, 9.17) is 38.6 Å². The van der Waals surface area contributed by atoms with Gasteiger partial charge in [0.15, 0.2) is 0 Å². The summed E-state index contributed by atoms with van der Waals surface area (Å²) in [6.07, 6.45) is 2.02. The predicted molar refractivity (Wildman–Crippen MR) is 178 cm³/mol. The Bertz CT molecular complexity index is 1240. The summed E-state index contributed by atoms with van der Waals surface area (Å²) >= 11 is 0. The zero-order chi connectivity index (χ0) is 35.1. The van der Waals surface area contributed by atoms with Gasteiger partial charge in [-0.15, -0.1) is 4.76 Å². The number of ether oxygens (including phenoxy) is 4. The fourth-order valence-electron chi connectivity index (χ4n) is 4.26. The topological polar surface area (TPSA) is 171 Å². The van der Waals surface area contributed by atoms with Gasteiger partial charge in [0.1, 0.15) is 13.6 Å². The van der Waals surface area contributed by atoms with E-state index in [0.29, 0.717) is 19.3 Å². The highest BCUT2D eigenvalue weighted by Gasteiger charge is 2.36. The molecule has 2 aromatic carbocycles. The van der Waals surface area contributed by atoms with E-state index in [1.54, 1.807) is 0 Å². The van der Waals surface area contributed by atoms with Gasteiger partial charge in [-0.3, -0.25) is 13.9 Å². The van der Waals surface area contributed by atoms with Crippen molar-refractivity contribution in [2.75, 3.05) is 53.2 Å². The lowest BCUT2D eigenvalue weighted by atomic mass is 10.1. The molecule has 48 heavy (non-hydrogen) atoms. The second kappa shape index (κ2) is 22.6. The van der Waals surface area contributed by atoms with E-state index in [-0.39, 0.29) is 65.0 Å². The summed E-state index contributed by atoms with van der Waals surface area (Å²) in [5.41, 5.74) is 8.43. The number of benzene rings is 2. The van der Waals surface area contributed by atoms with E-state index >= 15 is 0 Å². The third-order valence-corrected chi connectivity index (χ3v) is 8.03. The predicted octanol–water partition coefficient (Wildman–Crippen LogP) is 6.13. The third kappa shape index (κ3) is 17.3. The number of nitrogens with zero attached hydrogens (tertiary/aromatic N) is 2. The molecule has 14 nitrogen and oxygen atoms in total. The van der Waals surface area contributed by atoms with Crippen molar-refractivity contribution in [2.45, 2.75) is 58.8 Å². The van der Waals surface area contributed by atoms with Gasteiger partial charge in [-0.25, -0.2) is 18.9 Å². The first-order valence-electron chi connectivity index (χ1n) is 16.0. The van der Waals surface area contributed by atoms with E-state index in [0.717, 1.165) is 24.0 Å². The quantitative estimate of drug-likeness (QED) is 0.0302. The summed E-state index contributed by atoms with van der Waals surface area (Å²) in [5, 5.41) is 0. The average Bonchev–Trinajstić information content (AvgIpc) is 3.05. The van der Waals surface area contributed by atoms with Gasteiger partial charge in [-0.2, -0.15) is 0 Å². The molecule has 1 atom stereocenters. The van der Waals surface area contributed by atoms with E-state index in [1.807, 2.05) is 67.6 Å². The van der Waals surface area contributed by atoms with Crippen molar-refractivity contribution in [3.05, 3.63) is 71.8 Å². The highest BCUT2D eigenvalue weighted by Crippen LogP contribution is 2.50. The molecule has 0 fully saturated rings. The van der Waals surface area contributed by atoms with Gasteiger partial charge in [0.25, 0.3) is 0 Å². The van der Waals surface area contributed by atoms with Crippen molar-refractivity contribution >= 4 is 32.0 Å². The van der Waals surface area contributed by atoms with Crippen LogP contribution in [0.2, 0.25) is 0 Å². The number of nitrogens with two attached hydrogens (primary N) is 1. The van der Waals surface area contributed by atoms with Crippen LogP contribution in [0, 0.1) is 0 Å². The lowest BCUT2D eigenvalue weighted by Gasteiger charge is -2.28. The summed E-state index contributed by atoms with van der Waals surface area (Å²) in [5.74, 6) is -0.921. The maximum atomic E-state index is 13.6. The molecule has 0 radical (unpaired) electrons.